The zero-order valence-corrected chi connectivity index (χ0v) is 15.1. The summed E-state index contributed by atoms with van der Waals surface area (Å²) in [5, 5.41) is 11.8. The molecule has 1 fully saturated rings. The van der Waals surface area contributed by atoms with Crippen LogP contribution in [0.3, 0.4) is 0 Å². The molecule has 2 aromatic rings. The first kappa shape index (κ1) is 17.3. The van der Waals surface area contributed by atoms with Gasteiger partial charge in [-0.25, -0.2) is 0 Å². The molecule has 0 aromatic carbocycles. The number of carbonyl (C=O) groups excluding carboxylic acids is 1. The maximum atomic E-state index is 12.5. The molecule has 5 nitrogen and oxygen atoms in total. The van der Waals surface area contributed by atoms with Gasteiger partial charge in [-0.1, -0.05) is 25.3 Å². The molecule has 1 N–H and O–H groups in total. The highest BCUT2D eigenvalue weighted by Gasteiger charge is 2.22. The highest BCUT2D eigenvalue weighted by atomic mass is 32.2. The lowest BCUT2D eigenvalue weighted by Crippen LogP contribution is -2.32. The summed E-state index contributed by atoms with van der Waals surface area (Å²) < 4.78 is 1.98. The van der Waals surface area contributed by atoms with Gasteiger partial charge in [0, 0.05) is 12.6 Å². The van der Waals surface area contributed by atoms with Gasteiger partial charge in [-0.3, -0.25) is 9.20 Å². The van der Waals surface area contributed by atoms with Crippen LogP contribution in [0.4, 0.5) is 0 Å². The molecule has 0 radical (unpaired) electrons. The maximum absolute atomic E-state index is 12.5. The number of carbonyl (C=O) groups is 1. The predicted octanol–water partition coefficient (Wildman–Crippen LogP) is 3.61. The van der Waals surface area contributed by atoms with Gasteiger partial charge in [0.1, 0.15) is 0 Å². The number of thioether (sulfide) groups is 1. The fourth-order valence-corrected chi connectivity index (χ4v) is 3.98. The molecule has 1 atom stereocenters. The maximum Gasteiger partial charge on any atom is 0.220 e. The molecule has 1 amide bonds. The van der Waals surface area contributed by atoms with Crippen LogP contribution in [0, 0.1) is 5.92 Å². The Morgan fingerprint density at radius 3 is 2.96 bits per heavy atom. The Kier molecular flexibility index (Phi) is 6.12. The molecule has 24 heavy (non-hydrogen) atoms. The number of rotatable bonds is 7. The topological polar surface area (TPSA) is 59.3 Å². The van der Waals surface area contributed by atoms with Crippen LogP contribution in [0.15, 0.2) is 24.4 Å². The first-order valence-electron chi connectivity index (χ1n) is 8.86. The van der Waals surface area contributed by atoms with Gasteiger partial charge in [0.2, 0.25) is 5.91 Å². The number of pyridine rings is 1. The van der Waals surface area contributed by atoms with Crippen LogP contribution in [-0.2, 0) is 4.79 Å². The molecule has 2 aromatic heterocycles. The van der Waals surface area contributed by atoms with E-state index in [2.05, 4.69) is 21.8 Å². The molecule has 0 saturated heterocycles. The van der Waals surface area contributed by atoms with Crippen molar-refractivity contribution in [2.75, 3.05) is 12.0 Å². The van der Waals surface area contributed by atoms with Gasteiger partial charge in [0.05, 0.1) is 6.04 Å². The third kappa shape index (κ3) is 4.29. The van der Waals surface area contributed by atoms with Crippen LogP contribution in [-0.4, -0.2) is 32.5 Å². The molecule has 6 heteroatoms. The van der Waals surface area contributed by atoms with Crippen LogP contribution in [0.5, 0.6) is 0 Å². The second-order valence-electron chi connectivity index (χ2n) is 6.60. The van der Waals surface area contributed by atoms with Crippen molar-refractivity contribution in [2.45, 2.75) is 51.0 Å². The van der Waals surface area contributed by atoms with Crippen molar-refractivity contribution in [3.8, 4) is 0 Å². The molecule has 1 aliphatic carbocycles. The number of nitrogens with zero attached hydrogens (tertiary/aromatic N) is 3. The second kappa shape index (κ2) is 8.51. The summed E-state index contributed by atoms with van der Waals surface area (Å²) in [7, 11) is 0. The fourth-order valence-electron chi connectivity index (χ4n) is 3.51. The SMILES string of the molecule is CSCCC(NC(=O)CC1CCCCC1)c1nnc2ccccn12. The molecule has 0 aliphatic heterocycles. The fraction of sp³-hybridized carbons (Fsp3) is 0.611. The van der Waals surface area contributed by atoms with Crippen molar-refractivity contribution >= 4 is 23.3 Å². The van der Waals surface area contributed by atoms with Crippen molar-refractivity contribution in [1.29, 1.82) is 0 Å². The number of hydrogen-bond acceptors (Lipinski definition) is 4. The lowest BCUT2D eigenvalue weighted by Gasteiger charge is -2.23. The Bertz CT molecular complexity index is 666. The zero-order valence-electron chi connectivity index (χ0n) is 14.3. The summed E-state index contributed by atoms with van der Waals surface area (Å²) in [6, 6.07) is 5.78. The largest absolute Gasteiger partial charge is 0.346 e. The number of amides is 1. The van der Waals surface area contributed by atoms with Gasteiger partial charge in [-0.15, -0.1) is 10.2 Å². The van der Waals surface area contributed by atoms with Crippen LogP contribution >= 0.6 is 11.8 Å². The molecule has 1 unspecified atom stereocenters. The van der Waals surface area contributed by atoms with E-state index < -0.39 is 0 Å². The van der Waals surface area contributed by atoms with E-state index in [4.69, 9.17) is 0 Å². The van der Waals surface area contributed by atoms with E-state index in [0.717, 1.165) is 23.6 Å². The average Bonchev–Trinajstić information content (AvgIpc) is 3.03. The summed E-state index contributed by atoms with van der Waals surface area (Å²) in [6.45, 7) is 0. The average molecular weight is 346 g/mol. The van der Waals surface area contributed by atoms with Gasteiger partial charge in [0.25, 0.3) is 0 Å². The second-order valence-corrected chi connectivity index (χ2v) is 7.58. The van der Waals surface area contributed by atoms with Crippen LogP contribution in [0.2, 0.25) is 0 Å². The van der Waals surface area contributed by atoms with Crippen molar-refractivity contribution in [3.05, 3.63) is 30.2 Å². The Hall–Kier alpha value is -1.56. The predicted molar refractivity (Wildman–Crippen MR) is 98.1 cm³/mol. The molecule has 1 saturated carbocycles. The molecule has 2 heterocycles. The Morgan fingerprint density at radius 2 is 2.17 bits per heavy atom. The summed E-state index contributed by atoms with van der Waals surface area (Å²) in [6.07, 6.45) is 11.8. The van der Waals surface area contributed by atoms with E-state index >= 15 is 0 Å². The standard InChI is InChI=1S/C18H26N4OS/c1-24-12-10-15(18-21-20-16-9-5-6-11-22(16)18)19-17(23)13-14-7-3-2-4-8-14/h5-6,9,11,14-15H,2-4,7-8,10,12-13H2,1H3,(H,19,23). The van der Waals surface area contributed by atoms with Gasteiger partial charge < -0.3 is 5.32 Å². The van der Waals surface area contributed by atoms with E-state index in [1.165, 1.54) is 32.1 Å². The van der Waals surface area contributed by atoms with Gasteiger partial charge in [0.15, 0.2) is 11.5 Å². The Balaban J connectivity index is 1.70. The van der Waals surface area contributed by atoms with Crippen LogP contribution in [0.1, 0.15) is 56.8 Å². The lowest BCUT2D eigenvalue weighted by molar-refractivity contribution is -0.123. The van der Waals surface area contributed by atoms with E-state index in [1.807, 2.05) is 28.8 Å². The molecular weight excluding hydrogens is 320 g/mol. The first-order valence-corrected chi connectivity index (χ1v) is 10.3. The minimum Gasteiger partial charge on any atom is -0.346 e. The van der Waals surface area contributed by atoms with Crippen LogP contribution < -0.4 is 5.32 Å². The molecule has 1 aliphatic rings. The van der Waals surface area contributed by atoms with Crippen molar-refractivity contribution < 1.29 is 4.79 Å². The molecular formula is C18H26N4OS. The van der Waals surface area contributed by atoms with Gasteiger partial charge in [-0.05, 0) is 49.3 Å². The van der Waals surface area contributed by atoms with Gasteiger partial charge in [-0.2, -0.15) is 11.8 Å². The monoisotopic (exact) mass is 346 g/mol. The summed E-state index contributed by atoms with van der Waals surface area (Å²) in [5.41, 5.74) is 0.822. The smallest absolute Gasteiger partial charge is 0.220 e. The number of nitrogens with one attached hydrogen (secondary N) is 1. The zero-order chi connectivity index (χ0) is 16.8. The van der Waals surface area contributed by atoms with E-state index in [1.54, 1.807) is 11.8 Å². The van der Waals surface area contributed by atoms with Crippen LogP contribution in [0.25, 0.3) is 5.65 Å². The van der Waals surface area contributed by atoms with E-state index in [9.17, 15) is 4.79 Å². The summed E-state index contributed by atoms with van der Waals surface area (Å²) >= 11 is 1.79. The minimum absolute atomic E-state index is 0.0778. The first-order chi connectivity index (χ1) is 11.8. The molecule has 0 bridgehead atoms. The summed E-state index contributed by atoms with van der Waals surface area (Å²) in [4.78, 5) is 12.5. The highest BCUT2D eigenvalue weighted by molar-refractivity contribution is 7.98. The number of hydrogen-bond donors (Lipinski definition) is 1. The molecule has 0 spiro atoms. The normalized spacial score (nSPS) is 17.0. The number of fused-ring (bicyclic) bond motifs is 1. The highest BCUT2D eigenvalue weighted by Crippen LogP contribution is 2.27. The third-order valence-electron chi connectivity index (χ3n) is 4.80. The van der Waals surface area contributed by atoms with Crippen molar-refractivity contribution in [3.63, 3.8) is 0 Å². The molecule has 130 valence electrons. The quantitative estimate of drug-likeness (QED) is 0.832. The van der Waals surface area contributed by atoms with E-state index in [-0.39, 0.29) is 11.9 Å². The number of aromatic nitrogens is 3. The van der Waals surface area contributed by atoms with Crippen molar-refractivity contribution in [1.82, 2.24) is 19.9 Å². The molecule has 3 rings (SSSR count). The summed E-state index contributed by atoms with van der Waals surface area (Å²) in [5.74, 6) is 2.52. The van der Waals surface area contributed by atoms with E-state index in [0.29, 0.717) is 12.3 Å². The van der Waals surface area contributed by atoms with Gasteiger partial charge >= 0.3 is 0 Å². The Labute approximate surface area is 147 Å². The Morgan fingerprint density at radius 1 is 1.33 bits per heavy atom. The third-order valence-corrected chi connectivity index (χ3v) is 5.44. The van der Waals surface area contributed by atoms with Crippen molar-refractivity contribution in [2.24, 2.45) is 5.92 Å². The minimum atomic E-state index is -0.0778. The lowest BCUT2D eigenvalue weighted by atomic mass is 9.87.